The molecule has 1 atom stereocenters. The molecule has 0 heterocycles. The van der Waals surface area contributed by atoms with Crippen LogP contribution in [0.1, 0.15) is 46.6 Å². The Kier molecular flexibility index (Phi) is 6.39. The van der Waals surface area contributed by atoms with Gasteiger partial charge in [0.1, 0.15) is 17.4 Å². The summed E-state index contributed by atoms with van der Waals surface area (Å²) in [7, 11) is 0. The van der Waals surface area contributed by atoms with Gasteiger partial charge in [-0.05, 0) is 52.3 Å². The van der Waals surface area contributed by atoms with Crippen LogP contribution in [0.2, 0.25) is 0 Å². The van der Waals surface area contributed by atoms with E-state index in [1.54, 1.807) is 25.1 Å². The zero-order valence-corrected chi connectivity index (χ0v) is 13.9. The van der Waals surface area contributed by atoms with Gasteiger partial charge in [-0.25, -0.2) is 0 Å². The van der Waals surface area contributed by atoms with E-state index < -0.39 is 5.60 Å². The summed E-state index contributed by atoms with van der Waals surface area (Å²) < 4.78 is 11.1. The van der Waals surface area contributed by atoms with Gasteiger partial charge >= 0.3 is 0 Å². The maximum atomic E-state index is 12.4. The van der Waals surface area contributed by atoms with Gasteiger partial charge in [0.2, 0.25) is 0 Å². The van der Waals surface area contributed by atoms with Crippen LogP contribution in [-0.4, -0.2) is 24.2 Å². The van der Waals surface area contributed by atoms with Gasteiger partial charge in [0, 0.05) is 12.3 Å². The first-order valence-corrected chi connectivity index (χ1v) is 7.52. The van der Waals surface area contributed by atoms with E-state index in [2.05, 4.69) is 11.4 Å². The number of nitrogens with zero attached hydrogens (tertiary/aromatic N) is 1. The Morgan fingerprint density at radius 2 is 2.09 bits per heavy atom. The fraction of sp³-hybridized carbons (Fsp3) is 0.529. The number of ether oxygens (including phenoxy) is 2. The lowest BCUT2D eigenvalue weighted by atomic mass is 10.0. The predicted molar refractivity (Wildman–Crippen MR) is 85.9 cm³/mol. The van der Waals surface area contributed by atoms with Gasteiger partial charge in [-0.2, -0.15) is 5.26 Å². The number of hydrogen-bond acceptors (Lipinski definition) is 4. The monoisotopic (exact) mass is 304 g/mol. The molecular weight excluding hydrogens is 280 g/mol. The minimum atomic E-state index is -0.880. The van der Waals surface area contributed by atoms with Crippen molar-refractivity contribution in [2.45, 2.75) is 52.7 Å². The second-order valence-electron chi connectivity index (χ2n) is 5.46. The molecule has 0 fully saturated rings. The Labute approximate surface area is 132 Å². The highest BCUT2D eigenvalue weighted by molar-refractivity contribution is 5.97. The van der Waals surface area contributed by atoms with E-state index in [1.165, 1.54) is 0 Å². The normalized spacial score (nSPS) is 13.3. The molecule has 0 bridgehead atoms. The molecule has 0 aliphatic rings. The third kappa shape index (κ3) is 4.47. The van der Waals surface area contributed by atoms with Gasteiger partial charge in [-0.15, -0.1) is 0 Å². The summed E-state index contributed by atoms with van der Waals surface area (Å²) in [5.74, 6) is 0.289. The Hall–Kier alpha value is -2.06. The van der Waals surface area contributed by atoms with Crippen molar-refractivity contribution in [3.63, 3.8) is 0 Å². The third-order valence-electron chi connectivity index (χ3n) is 3.34. The molecule has 0 aliphatic carbocycles. The molecule has 5 heteroatoms. The molecule has 5 nitrogen and oxygen atoms in total. The summed E-state index contributed by atoms with van der Waals surface area (Å²) in [4.78, 5) is 12.4. The number of nitrogens with one attached hydrogen (secondary N) is 1. The second-order valence-corrected chi connectivity index (χ2v) is 5.46. The average Bonchev–Trinajstić information content (AvgIpc) is 2.48. The van der Waals surface area contributed by atoms with Gasteiger partial charge in [0.05, 0.1) is 11.7 Å². The van der Waals surface area contributed by atoms with Crippen molar-refractivity contribution in [2.24, 2.45) is 0 Å². The van der Waals surface area contributed by atoms with Crippen LogP contribution in [0.25, 0.3) is 0 Å². The van der Waals surface area contributed by atoms with E-state index in [0.717, 1.165) is 0 Å². The van der Waals surface area contributed by atoms with Crippen LogP contribution in [-0.2, 0) is 9.53 Å². The number of nitriles is 1. The molecule has 1 rings (SSSR count). The number of hydrogen-bond donors (Lipinski definition) is 1. The fourth-order valence-corrected chi connectivity index (χ4v) is 1.96. The minimum absolute atomic E-state index is 0.0196. The lowest BCUT2D eigenvalue weighted by Gasteiger charge is -2.26. The van der Waals surface area contributed by atoms with E-state index in [9.17, 15) is 10.1 Å². The molecular formula is C17H24N2O3. The van der Waals surface area contributed by atoms with Gasteiger partial charge in [0.25, 0.3) is 5.91 Å². The van der Waals surface area contributed by atoms with Crippen LogP contribution in [0.5, 0.6) is 5.75 Å². The quantitative estimate of drug-likeness (QED) is 0.837. The van der Waals surface area contributed by atoms with Crippen LogP contribution in [0.3, 0.4) is 0 Å². The molecule has 0 saturated heterocycles. The largest absolute Gasteiger partial charge is 0.490 e. The number of rotatable bonds is 7. The molecule has 120 valence electrons. The summed E-state index contributed by atoms with van der Waals surface area (Å²) in [6.07, 6.45) is 0.542. The Morgan fingerprint density at radius 3 is 2.59 bits per heavy atom. The number of anilines is 1. The van der Waals surface area contributed by atoms with E-state index in [4.69, 9.17) is 9.47 Å². The Balaban J connectivity index is 2.95. The van der Waals surface area contributed by atoms with Crippen molar-refractivity contribution in [3.05, 3.63) is 23.8 Å². The summed E-state index contributed by atoms with van der Waals surface area (Å²) in [6.45, 7) is 9.76. The Bertz CT molecular complexity index is 564. The minimum Gasteiger partial charge on any atom is -0.490 e. The topological polar surface area (TPSA) is 71.3 Å². The second kappa shape index (κ2) is 7.81. The van der Waals surface area contributed by atoms with Crippen molar-refractivity contribution >= 4 is 11.6 Å². The molecule has 0 spiro atoms. The molecule has 1 N–H and O–H groups in total. The van der Waals surface area contributed by atoms with Crippen molar-refractivity contribution in [2.75, 3.05) is 11.9 Å². The van der Waals surface area contributed by atoms with Crippen molar-refractivity contribution < 1.29 is 14.3 Å². The fourth-order valence-electron chi connectivity index (χ4n) is 1.96. The SMILES string of the molecule is CCOC(C)(CC)C(=O)Nc1ccc(OC(C)C)c(C#N)c1. The number of carbonyl (C=O) groups excluding carboxylic acids is 1. The van der Waals surface area contributed by atoms with Gasteiger partial charge in [-0.1, -0.05) is 6.92 Å². The molecule has 0 radical (unpaired) electrons. The summed E-state index contributed by atoms with van der Waals surface area (Å²) in [6, 6.07) is 7.11. The number of benzene rings is 1. The number of carbonyl (C=O) groups is 1. The Morgan fingerprint density at radius 1 is 1.41 bits per heavy atom. The lowest BCUT2D eigenvalue weighted by molar-refractivity contribution is -0.139. The highest BCUT2D eigenvalue weighted by Gasteiger charge is 2.31. The number of amides is 1. The van der Waals surface area contributed by atoms with Gasteiger partial charge < -0.3 is 14.8 Å². The van der Waals surface area contributed by atoms with Crippen molar-refractivity contribution in [1.82, 2.24) is 0 Å². The van der Waals surface area contributed by atoms with Crippen LogP contribution in [0.4, 0.5) is 5.69 Å². The van der Waals surface area contributed by atoms with Crippen molar-refractivity contribution in [3.8, 4) is 11.8 Å². The maximum Gasteiger partial charge on any atom is 0.256 e. The summed E-state index contributed by atoms with van der Waals surface area (Å²) >= 11 is 0. The molecule has 1 aromatic carbocycles. The van der Waals surface area contributed by atoms with Crippen LogP contribution in [0.15, 0.2) is 18.2 Å². The lowest BCUT2D eigenvalue weighted by Crippen LogP contribution is -2.42. The molecule has 22 heavy (non-hydrogen) atoms. The average molecular weight is 304 g/mol. The summed E-state index contributed by atoms with van der Waals surface area (Å²) in [5.41, 5.74) is 0.0624. The molecule has 0 saturated carbocycles. The predicted octanol–water partition coefficient (Wildman–Crippen LogP) is 3.49. The van der Waals surface area contributed by atoms with E-state index in [0.29, 0.717) is 30.0 Å². The zero-order chi connectivity index (χ0) is 16.8. The highest BCUT2D eigenvalue weighted by atomic mass is 16.5. The van der Waals surface area contributed by atoms with Crippen LogP contribution >= 0.6 is 0 Å². The van der Waals surface area contributed by atoms with E-state index in [1.807, 2.05) is 27.7 Å². The maximum absolute atomic E-state index is 12.4. The third-order valence-corrected chi connectivity index (χ3v) is 3.34. The molecule has 1 unspecified atom stereocenters. The summed E-state index contributed by atoms with van der Waals surface area (Å²) in [5, 5.41) is 12.0. The standard InChI is InChI=1S/C17H24N2O3/c1-6-17(5,21-7-2)16(20)19-14-8-9-15(22-12(3)4)13(10-14)11-18/h8-10,12H,6-7H2,1-5H3,(H,19,20). The molecule has 1 aromatic rings. The van der Waals surface area contributed by atoms with Gasteiger partial charge in [0.15, 0.2) is 0 Å². The van der Waals surface area contributed by atoms with Gasteiger partial charge in [-0.3, -0.25) is 4.79 Å². The highest BCUT2D eigenvalue weighted by Crippen LogP contribution is 2.25. The first-order valence-electron chi connectivity index (χ1n) is 7.52. The molecule has 0 aliphatic heterocycles. The zero-order valence-electron chi connectivity index (χ0n) is 13.9. The first-order chi connectivity index (χ1) is 10.4. The first kappa shape index (κ1) is 18.0. The molecule has 0 aromatic heterocycles. The van der Waals surface area contributed by atoms with E-state index >= 15 is 0 Å². The van der Waals surface area contributed by atoms with E-state index in [-0.39, 0.29) is 12.0 Å². The molecule has 1 amide bonds. The smallest absolute Gasteiger partial charge is 0.256 e. The van der Waals surface area contributed by atoms with Crippen molar-refractivity contribution in [1.29, 1.82) is 5.26 Å². The van der Waals surface area contributed by atoms with Crippen LogP contribution < -0.4 is 10.1 Å². The van der Waals surface area contributed by atoms with Crippen LogP contribution in [0, 0.1) is 11.3 Å².